The standard InChI is InChI=1S/C12H27P.C3H5.ClH.Pd/c1-10(2,3)13(11(4,5)6)12(7,8)9;1-3-2;;/h1-9H3;3H,1-2H2;1H;/p-1. The molecule has 0 aliphatic heterocycles. The second-order valence-electron chi connectivity index (χ2n) is 7.14. The van der Waals surface area contributed by atoms with Gasteiger partial charge in [0.2, 0.25) is 0 Å². The molecule has 0 spiro atoms. The predicted molar refractivity (Wildman–Crippen MR) is 81.2 cm³/mol. The molecular formula is C15H32ClPPd-. The predicted octanol–water partition coefficient (Wildman–Crippen LogP) is 2.72. The molecule has 0 aromatic heterocycles. The van der Waals surface area contributed by atoms with E-state index < -0.39 is 0 Å². The molecule has 0 atom stereocenters. The van der Waals surface area contributed by atoms with Crippen LogP contribution in [0.15, 0.2) is 0 Å². The molecule has 0 aromatic carbocycles. The zero-order chi connectivity index (χ0) is 13.8. The molecule has 0 unspecified atom stereocenters. The van der Waals surface area contributed by atoms with Crippen molar-refractivity contribution < 1.29 is 32.8 Å². The van der Waals surface area contributed by atoms with Gasteiger partial charge in [0.15, 0.2) is 0 Å². The van der Waals surface area contributed by atoms with E-state index in [0.717, 1.165) is 0 Å². The Morgan fingerprint density at radius 1 is 0.667 bits per heavy atom. The van der Waals surface area contributed by atoms with Gasteiger partial charge in [-0.15, -0.1) is 0 Å². The third-order valence-corrected chi connectivity index (χ3v) is 6.04. The monoisotopic (exact) mass is 384 g/mol. The maximum Gasteiger partial charge on any atom is 0 e. The Labute approximate surface area is 138 Å². The number of halogens is 1. The van der Waals surface area contributed by atoms with Crippen molar-refractivity contribution in [1.82, 2.24) is 0 Å². The fourth-order valence-electron chi connectivity index (χ4n) is 3.02. The summed E-state index contributed by atoms with van der Waals surface area (Å²) in [5.74, 6) is 0. The van der Waals surface area contributed by atoms with Crippen molar-refractivity contribution >= 4 is 7.92 Å². The molecule has 0 heterocycles. The van der Waals surface area contributed by atoms with Crippen molar-refractivity contribution in [3.05, 3.63) is 20.3 Å². The second-order valence-corrected chi connectivity index (χ2v) is 11.8. The Hall–Kier alpha value is 1.38. The summed E-state index contributed by atoms with van der Waals surface area (Å²) in [5.41, 5.74) is 0. The summed E-state index contributed by atoms with van der Waals surface area (Å²) in [6.07, 6.45) is 1.50. The van der Waals surface area contributed by atoms with Gasteiger partial charge in [0.25, 0.3) is 0 Å². The quantitative estimate of drug-likeness (QED) is 0.445. The molecule has 115 valence electrons. The minimum absolute atomic E-state index is 0. The Kier molecular flexibility index (Phi) is 15.6. The van der Waals surface area contributed by atoms with Crippen LogP contribution in [0.1, 0.15) is 62.3 Å². The zero-order valence-electron chi connectivity index (χ0n) is 13.6. The van der Waals surface area contributed by atoms with E-state index in [0.29, 0.717) is 15.5 Å². The summed E-state index contributed by atoms with van der Waals surface area (Å²) in [7, 11) is 0.0162. The molecule has 0 bridgehead atoms. The third kappa shape index (κ3) is 12.4. The molecule has 0 nitrogen and oxygen atoms in total. The van der Waals surface area contributed by atoms with Crippen LogP contribution in [-0.4, -0.2) is 15.5 Å². The largest absolute Gasteiger partial charge is 1.00 e. The van der Waals surface area contributed by atoms with Crippen LogP contribution in [0.5, 0.6) is 0 Å². The average Bonchev–Trinajstić information content (AvgIpc) is 1.74. The van der Waals surface area contributed by atoms with E-state index in [2.05, 4.69) is 76.2 Å². The molecular weight excluding hydrogens is 353 g/mol. The van der Waals surface area contributed by atoms with Gasteiger partial charge in [-0.05, 0) is 35.7 Å². The molecule has 0 saturated heterocycles. The second kappa shape index (κ2) is 10.2. The first-order valence-electron chi connectivity index (χ1n) is 5.99. The first-order chi connectivity index (χ1) is 6.78. The van der Waals surface area contributed by atoms with Crippen LogP contribution in [-0.2, 0) is 20.4 Å². The molecule has 0 N–H and O–H groups in total. The minimum Gasteiger partial charge on any atom is -1.00 e. The van der Waals surface area contributed by atoms with Gasteiger partial charge in [0.1, 0.15) is 0 Å². The van der Waals surface area contributed by atoms with Crippen LogP contribution in [0.3, 0.4) is 0 Å². The molecule has 0 amide bonds. The number of rotatable bonds is 0. The molecule has 0 rings (SSSR count). The van der Waals surface area contributed by atoms with Crippen molar-refractivity contribution in [3.63, 3.8) is 0 Å². The normalized spacial score (nSPS) is 12.0. The van der Waals surface area contributed by atoms with Crippen LogP contribution < -0.4 is 12.4 Å². The summed E-state index contributed by atoms with van der Waals surface area (Å²) >= 11 is 0. The average molecular weight is 385 g/mol. The minimum atomic E-state index is 0. The van der Waals surface area contributed by atoms with E-state index in [1.54, 1.807) is 0 Å². The molecule has 0 fully saturated rings. The van der Waals surface area contributed by atoms with Gasteiger partial charge in [-0.2, -0.15) is 0 Å². The summed E-state index contributed by atoms with van der Waals surface area (Å²) in [6.45, 7) is 28.0. The topological polar surface area (TPSA) is 0 Å². The van der Waals surface area contributed by atoms with Crippen LogP contribution in [0.4, 0.5) is 0 Å². The Morgan fingerprint density at radius 2 is 0.778 bits per heavy atom. The van der Waals surface area contributed by atoms with Crippen LogP contribution in [0.2, 0.25) is 0 Å². The Morgan fingerprint density at radius 3 is 0.778 bits per heavy atom. The van der Waals surface area contributed by atoms with E-state index in [9.17, 15) is 0 Å². The summed E-state index contributed by atoms with van der Waals surface area (Å²) in [4.78, 5) is 0. The van der Waals surface area contributed by atoms with Crippen molar-refractivity contribution in [1.29, 1.82) is 0 Å². The van der Waals surface area contributed by atoms with Gasteiger partial charge >= 0.3 is 0 Å². The first kappa shape index (κ1) is 27.7. The number of hydrogen-bond acceptors (Lipinski definition) is 0. The van der Waals surface area contributed by atoms with Crippen molar-refractivity contribution in [2.75, 3.05) is 0 Å². The molecule has 3 heteroatoms. The molecule has 3 radical (unpaired) electrons. The van der Waals surface area contributed by atoms with Crippen molar-refractivity contribution in [2.45, 2.75) is 77.8 Å². The Balaban J connectivity index is -0.000000177. The third-order valence-electron chi connectivity index (χ3n) is 2.01. The smallest absolute Gasteiger partial charge is 0 e. The van der Waals surface area contributed by atoms with Gasteiger partial charge in [0.05, 0.1) is 0 Å². The van der Waals surface area contributed by atoms with E-state index in [4.69, 9.17) is 0 Å². The SMILES string of the molecule is CC(C)(C)P(C(C)(C)C)C(C)(C)C.[CH2][CH][CH2].[Cl-].[Pd]. The number of hydrogen-bond donors (Lipinski definition) is 0. The van der Waals surface area contributed by atoms with Gasteiger partial charge < -0.3 is 12.4 Å². The summed E-state index contributed by atoms with van der Waals surface area (Å²) < 4.78 is 0. The van der Waals surface area contributed by atoms with E-state index in [-0.39, 0.29) is 40.8 Å². The Bertz CT molecular complexity index is 151. The van der Waals surface area contributed by atoms with E-state index in [1.807, 2.05) is 0 Å². The zero-order valence-corrected chi connectivity index (χ0v) is 16.8. The van der Waals surface area contributed by atoms with Crippen LogP contribution in [0.25, 0.3) is 0 Å². The maximum atomic E-state index is 3.25. The van der Waals surface area contributed by atoms with E-state index >= 15 is 0 Å². The van der Waals surface area contributed by atoms with Crippen molar-refractivity contribution in [2.24, 2.45) is 0 Å². The maximum absolute atomic E-state index is 3.25. The molecule has 0 aromatic rings. The van der Waals surface area contributed by atoms with Crippen LogP contribution >= 0.6 is 7.92 Å². The summed E-state index contributed by atoms with van der Waals surface area (Å²) in [6, 6.07) is 0. The fraction of sp³-hybridized carbons (Fsp3) is 0.800. The van der Waals surface area contributed by atoms with Crippen LogP contribution in [0, 0.1) is 20.3 Å². The van der Waals surface area contributed by atoms with Gasteiger partial charge in [-0.3, -0.25) is 0 Å². The first-order valence-corrected chi connectivity index (χ1v) is 7.33. The summed E-state index contributed by atoms with van der Waals surface area (Å²) in [5, 5.41) is 1.35. The fourth-order valence-corrected chi connectivity index (χ4v) is 9.06. The van der Waals surface area contributed by atoms with Gasteiger partial charge in [-0.1, -0.05) is 70.2 Å². The molecule has 18 heavy (non-hydrogen) atoms. The van der Waals surface area contributed by atoms with Gasteiger partial charge in [-0.25, -0.2) is 0 Å². The van der Waals surface area contributed by atoms with Crippen molar-refractivity contribution in [3.8, 4) is 0 Å². The molecule has 0 saturated carbocycles. The molecule has 0 aliphatic rings. The van der Waals surface area contributed by atoms with Gasteiger partial charge in [0, 0.05) is 20.4 Å². The molecule has 0 aliphatic carbocycles. The van der Waals surface area contributed by atoms with E-state index in [1.165, 1.54) is 6.42 Å².